The summed E-state index contributed by atoms with van der Waals surface area (Å²) in [6.07, 6.45) is 9.50. The molecular weight excluding hydrogens is 240 g/mol. The number of nitrogens with zero attached hydrogens (tertiary/aromatic N) is 1. The number of ether oxygens (including phenoxy) is 1. The molecule has 2 aliphatic carbocycles. The van der Waals surface area contributed by atoms with Crippen molar-refractivity contribution in [3.63, 3.8) is 0 Å². The van der Waals surface area contributed by atoms with Gasteiger partial charge in [0.05, 0.1) is 0 Å². The Balaban J connectivity index is 1.41. The van der Waals surface area contributed by atoms with Crippen LogP contribution < -0.4 is 5.32 Å². The molecule has 2 fully saturated rings. The first-order chi connectivity index (χ1) is 9.28. The van der Waals surface area contributed by atoms with Crippen LogP contribution in [0.25, 0.3) is 0 Å². The summed E-state index contributed by atoms with van der Waals surface area (Å²) < 4.78 is 4.91. The van der Waals surface area contributed by atoms with Gasteiger partial charge in [0.2, 0.25) is 5.91 Å². The number of fused-ring (bicyclic) bond motifs is 1. The zero-order chi connectivity index (χ0) is 13.2. The van der Waals surface area contributed by atoms with Crippen LogP contribution in [-0.2, 0) is 9.53 Å². The Kier molecular flexibility index (Phi) is 3.89. The van der Waals surface area contributed by atoms with E-state index in [9.17, 15) is 4.79 Å². The zero-order valence-corrected chi connectivity index (χ0v) is 11.7. The van der Waals surface area contributed by atoms with Crippen LogP contribution in [0.4, 0.5) is 0 Å². The smallest absolute Gasteiger partial charge is 0.248 e. The molecule has 1 amide bonds. The number of allylic oxidation sites excluding steroid dienone is 1. The molecule has 4 nitrogen and oxygen atoms in total. The van der Waals surface area contributed by atoms with Crippen LogP contribution in [0.3, 0.4) is 0 Å². The molecule has 19 heavy (non-hydrogen) atoms. The highest BCUT2D eigenvalue weighted by Crippen LogP contribution is 2.43. The summed E-state index contributed by atoms with van der Waals surface area (Å²) in [6, 6.07) is 1.28. The van der Waals surface area contributed by atoms with Gasteiger partial charge >= 0.3 is 0 Å². The number of methoxy groups -OCH3 is 1. The second-order valence-corrected chi connectivity index (χ2v) is 6.10. The van der Waals surface area contributed by atoms with E-state index in [-0.39, 0.29) is 12.5 Å². The molecule has 1 heterocycles. The molecule has 0 radical (unpaired) electrons. The van der Waals surface area contributed by atoms with Crippen molar-refractivity contribution in [2.45, 2.75) is 37.8 Å². The number of carbonyl (C=O) groups is 1. The Hall–Kier alpha value is -0.870. The van der Waals surface area contributed by atoms with Gasteiger partial charge in [0, 0.05) is 32.3 Å². The number of likely N-dealkylation sites (tertiary alicyclic amines) is 1. The van der Waals surface area contributed by atoms with Gasteiger partial charge in [-0.2, -0.15) is 0 Å². The third-order valence-corrected chi connectivity index (χ3v) is 4.93. The highest BCUT2D eigenvalue weighted by atomic mass is 16.5. The number of piperidine rings is 1. The topological polar surface area (TPSA) is 41.6 Å². The van der Waals surface area contributed by atoms with Crippen molar-refractivity contribution in [1.82, 2.24) is 10.2 Å². The molecule has 106 valence electrons. The first kappa shape index (κ1) is 13.1. The van der Waals surface area contributed by atoms with E-state index in [0.29, 0.717) is 12.1 Å². The minimum absolute atomic E-state index is 0.128. The fourth-order valence-corrected chi connectivity index (χ4v) is 3.72. The number of carbonyl (C=O) groups excluding carboxylic acids is 1. The molecule has 0 spiro atoms. The fraction of sp³-hybridized carbons (Fsp3) is 0.800. The Morgan fingerprint density at radius 3 is 2.89 bits per heavy atom. The van der Waals surface area contributed by atoms with E-state index in [4.69, 9.17) is 4.74 Å². The molecule has 4 heteroatoms. The van der Waals surface area contributed by atoms with Gasteiger partial charge in [0.25, 0.3) is 0 Å². The molecule has 0 aromatic heterocycles. The third-order valence-electron chi connectivity index (χ3n) is 4.93. The van der Waals surface area contributed by atoms with Crippen LogP contribution in [0.15, 0.2) is 12.2 Å². The first-order valence-corrected chi connectivity index (χ1v) is 7.47. The number of hydrogen-bond donors (Lipinski definition) is 1. The first-order valence-electron chi connectivity index (χ1n) is 7.47. The number of rotatable bonds is 4. The average molecular weight is 264 g/mol. The van der Waals surface area contributed by atoms with Crippen molar-refractivity contribution in [1.29, 1.82) is 0 Å². The van der Waals surface area contributed by atoms with E-state index in [1.54, 1.807) is 7.11 Å². The van der Waals surface area contributed by atoms with Crippen LogP contribution in [0, 0.1) is 11.8 Å². The maximum Gasteiger partial charge on any atom is 0.248 e. The molecule has 0 aromatic rings. The molecule has 1 saturated carbocycles. The predicted octanol–water partition coefficient (Wildman–Crippen LogP) is 1.18. The lowest BCUT2D eigenvalue weighted by Crippen LogP contribution is -2.55. The fourth-order valence-electron chi connectivity index (χ4n) is 3.72. The Labute approximate surface area is 115 Å². The molecule has 3 aliphatic rings. The quantitative estimate of drug-likeness (QED) is 0.775. The van der Waals surface area contributed by atoms with Crippen LogP contribution >= 0.6 is 0 Å². The van der Waals surface area contributed by atoms with E-state index in [0.717, 1.165) is 37.8 Å². The number of amides is 1. The standard InChI is InChI=1S/C15H24N2O2/c1-19-10-15(18)17-7-5-12(6-8-17)16-14-9-11-3-2-4-13(11)14/h2,4,11-14,16H,3,5-10H2,1H3. The molecule has 3 rings (SSSR count). The molecule has 0 aromatic carbocycles. The summed E-state index contributed by atoms with van der Waals surface area (Å²) in [5.74, 6) is 1.83. The maximum absolute atomic E-state index is 11.7. The van der Waals surface area contributed by atoms with Gasteiger partial charge in [-0.1, -0.05) is 12.2 Å². The van der Waals surface area contributed by atoms with Crippen molar-refractivity contribution in [3.05, 3.63) is 12.2 Å². The molecule has 0 bridgehead atoms. The van der Waals surface area contributed by atoms with Crippen LogP contribution in [-0.4, -0.2) is 49.7 Å². The van der Waals surface area contributed by atoms with E-state index >= 15 is 0 Å². The van der Waals surface area contributed by atoms with Crippen molar-refractivity contribution < 1.29 is 9.53 Å². The summed E-state index contributed by atoms with van der Waals surface area (Å²) in [7, 11) is 1.58. The van der Waals surface area contributed by atoms with Crippen molar-refractivity contribution in [2.75, 3.05) is 26.8 Å². The summed E-state index contributed by atoms with van der Waals surface area (Å²) in [5, 5.41) is 3.80. The van der Waals surface area contributed by atoms with Crippen molar-refractivity contribution in [3.8, 4) is 0 Å². The molecule has 3 atom stereocenters. The van der Waals surface area contributed by atoms with Crippen LogP contribution in [0.5, 0.6) is 0 Å². The second-order valence-electron chi connectivity index (χ2n) is 6.10. The van der Waals surface area contributed by atoms with E-state index in [1.807, 2.05) is 4.90 Å². The summed E-state index contributed by atoms with van der Waals surface area (Å²) in [4.78, 5) is 13.6. The second kappa shape index (κ2) is 5.63. The number of hydrogen-bond acceptors (Lipinski definition) is 3. The van der Waals surface area contributed by atoms with E-state index < -0.39 is 0 Å². The van der Waals surface area contributed by atoms with Crippen LogP contribution in [0.2, 0.25) is 0 Å². The normalized spacial score (nSPS) is 34.2. The Morgan fingerprint density at radius 2 is 2.21 bits per heavy atom. The van der Waals surface area contributed by atoms with Gasteiger partial charge < -0.3 is 15.0 Å². The monoisotopic (exact) mass is 264 g/mol. The number of nitrogens with one attached hydrogen (secondary N) is 1. The highest BCUT2D eigenvalue weighted by molar-refractivity contribution is 5.77. The Bertz CT molecular complexity index is 361. The Morgan fingerprint density at radius 1 is 1.42 bits per heavy atom. The highest BCUT2D eigenvalue weighted by Gasteiger charge is 2.41. The average Bonchev–Trinajstić information content (AvgIpc) is 2.78. The molecule has 1 saturated heterocycles. The summed E-state index contributed by atoms with van der Waals surface area (Å²) >= 11 is 0. The molecule has 3 unspecified atom stereocenters. The van der Waals surface area contributed by atoms with Gasteiger partial charge in [-0.25, -0.2) is 0 Å². The minimum Gasteiger partial charge on any atom is -0.375 e. The lowest BCUT2D eigenvalue weighted by Gasteiger charge is -2.44. The van der Waals surface area contributed by atoms with Gasteiger partial charge in [0.15, 0.2) is 0 Å². The van der Waals surface area contributed by atoms with Gasteiger partial charge in [-0.05, 0) is 37.5 Å². The van der Waals surface area contributed by atoms with E-state index in [2.05, 4.69) is 17.5 Å². The summed E-state index contributed by atoms with van der Waals surface area (Å²) in [5.41, 5.74) is 0. The SMILES string of the molecule is COCC(=O)N1CCC(NC2CC3CC=CC32)CC1. The van der Waals surface area contributed by atoms with Gasteiger partial charge in [0.1, 0.15) is 6.61 Å². The zero-order valence-electron chi connectivity index (χ0n) is 11.7. The van der Waals surface area contributed by atoms with Crippen LogP contribution in [0.1, 0.15) is 25.7 Å². The molecule has 1 aliphatic heterocycles. The minimum atomic E-state index is 0.128. The van der Waals surface area contributed by atoms with Crippen molar-refractivity contribution in [2.24, 2.45) is 11.8 Å². The predicted molar refractivity (Wildman–Crippen MR) is 73.8 cm³/mol. The largest absolute Gasteiger partial charge is 0.375 e. The van der Waals surface area contributed by atoms with Gasteiger partial charge in [-0.15, -0.1) is 0 Å². The summed E-state index contributed by atoms with van der Waals surface area (Å²) in [6.45, 7) is 1.96. The molecular formula is C15H24N2O2. The van der Waals surface area contributed by atoms with Gasteiger partial charge in [-0.3, -0.25) is 4.79 Å². The maximum atomic E-state index is 11.7. The lowest BCUT2D eigenvalue weighted by atomic mass is 9.71. The third kappa shape index (κ3) is 2.70. The van der Waals surface area contributed by atoms with Crippen molar-refractivity contribution >= 4 is 5.91 Å². The van der Waals surface area contributed by atoms with E-state index in [1.165, 1.54) is 12.8 Å². The molecule has 1 N–H and O–H groups in total. The lowest BCUT2D eigenvalue weighted by molar-refractivity contribution is -0.136.